The van der Waals surface area contributed by atoms with Gasteiger partial charge >= 0.3 is 5.97 Å². The maximum atomic E-state index is 12.3. The first-order valence-corrected chi connectivity index (χ1v) is 7.83. The summed E-state index contributed by atoms with van der Waals surface area (Å²) in [6.07, 6.45) is 1.60. The topological polar surface area (TPSA) is 92.5 Å². The van der Waals surface area contributed by atoms with Crippen LogP contribution in [0.25, 0.3) is 10.9 Å². The highest BCUT2D eigenvalue weighted by atomic mass is 32.2. The second kappa shape index (κ2) is 5.45. The summed E-state index contributed by atoms with van der Waals surface area (Å²) in [6, 6.07) is 4.83. The van der Waals surface area contributed by atoms with Crippen molar-refractivity contribution < 1.29 is 18.3 Å². The standard InChI is InChI=1S/C13H17N3O4S/c1-9(2)16-12-5-4-11(6-10(12)7-14-16)21(19,20)15(3)8-13(17)18/h4-7,9H,8H2,1-3H3,(H,17,18). The fourth-order valence-electron chi connectivity index (χ4n) is 2.06. The summed E-state index contributed by atoms with van der Waals surface area (Å²) in [7, 11) is -2.58. The molecule has 8 heteroatoms. The molecule has 1 aromatic carbocycles. The molecule has 0 amide bonds. The lowest BCUT2D eigenvalue weighted by atomic mass is 10.2. The Morgan fingerprint density at radius 3 is 2.67 bits per heavy atom. The Morgan fingerprint density at radius 1 is 1.43 bits per heavy atom. The number of benzene rings is 1. The zero-order chi connectivity index (χ0) is 15.8. The second-order valence-electron chi connectivity index (χ2n) is 5.06. The summed E-state index contributed by atoms with van der Waals surface area (Å²) >= 11 is 0. The van der Waals surface area contributed by atoms with Gasteiger partial charge in [-0.3, -0.25) is 9.48 Å². The summed E-state index contributed by atoms with van der Waals surface area (Å²) in [4.78, 5) is 10.7. The van der Waals surface area contributed by atoms with Crippen LogP contribution in [0.4, 0.5) is 0 Å². The average molecular weight is 311 g/mol. The number of hydrogen-bond donors (Lipinski definition) is 1. The lowest BCUT2D eigenvalue weighted by Crippen LogP contribution is -2.32. The molecule has 7 nitrogen and oxygen atoms in total. The van der Waals surface area contributed by atoms with Crippen molar-refractivity contribution in [3.63, 3.8) is 0 Å². The van der Waals surface area contributed by atoms with Gasteiger partial charge in [-0.1, -0.05) is 0 Å². The average Bonchev–Trinajstić information content (AvgIpc) is 2.80. The third-order valence-corrected chi connectivity index (χ3v) is 4.92. The Labute approximate surface area is 122 Å². The van der Waals surface area contributed by atoms with Crippen LogP contribution in [-0.2, 0) is 14.8 Å². The van der Waals surface area contributed by atoms with E-state index in [1.54, 1.807) is 16.9 Å². The van der Waals surface area contributed by atoms with Crippen molar-refractivity contribution in [1.82, 2.24) is 14.1 Å². The van der Waals surface area contributed by atoms with Crippen LogP contribution >= 0.6 is 0 Å². The molecule has 1 aromatic heterocycles. The van der Waals surface area contributed by atoms with Gasteiger partial charge in [0.15, 0.2) is 0 Å². The van der Waals surface area contributed by atoms with Crippen molar-refractivity contribution in [3.05, 3.63) is 24.4 Å². The third-order valence-electron chi connectivity index (χ3n) is 3.12. The summed E-state index contributed by atoms with van der Waals surface area (Å²) in [6.45, 7) is 3.39. The van der Waals surface area contributed by atoms with Gasteiger partial charge in [0.05, 0.1) is 16.6 Å². The molecule has 2 rings (SSSR count). The number of aliphatic carboxylic acids is 1. The molecular formula is C13H17N3O4S. The van der Waals surface area contributed by atoms with E-state index < -0.39 is 22.5 Å². The quantitative estimate of drug-likeness (QED) is 0.899. The number of carboxylic acids is 1. The zero-order valence-electron chi connectivity index (χ0n) is 12.0. The van der Waals surface area contributed by atoms with Crippen LogP contribution in [0, 0.1) is 0 Å². The highest BCUT2D eigenvalue weighted by molar-refractivity contribution is 7.89. The minimum atomic E-state index is -3.82. The summed E-state index contributed by atoms with van der Waals surface area (Å²) in [5, 5.41) is 13.6. The first-order valence-electron chi connectivity index (χ1n) is 6.39. The molecule has 0 radical (unpaired) electrons. The third kappa shape index (κ3) is 2.91. The second-order valence-corrected chi connectivity index (χ2v) is 7.10. The molecule has 0 fully saturated rings. The van der Waals surface area contributed by atoms with E-state index in [-0.39, 0.29) is 10.9 Å². The Kier molecular flexibility index (Phi) is 4.02. The normalized spacial score (nSPS) is 12.4. The number of rotatable bonds is 5. The van der Waals surface area contributed by atoms with Crippen molar-refractivity contribution in [1.29, 1.82) is 0 Å². The molecule has 114 valence electrons. The number of carboxylic acid groups (broad SMARTS) is 1. The van der Waals surface area contributed by atoms with Crippen molar-refractivity contribution in [2.75, 3.05) is 13.6 Å². The maximum Gasteiger partial charge on any atom is 0.318 e. The Bertz CT molecular complexity index is 780. The Balaban J connectivity index is 2.46. The van der Waals surface area contributed by atoms with Crippen LogP contribution in [0.3, 0.4) is 0 Å². The largest absolute Gasteiger partial charge is 0.480 e. The maximum absolute atomic E-state index is 12.3. The molecule has 1 N–H and O–H groups in total. The van der Waals surface area contributed by atoms with E-state index in [1.165, 1.54) is 19.2 Å². The molecule has 0 aliphatic heterocycles. The van der Waals surface area contributed by atoms with Crippen LogP contribution in [0.15, 0.2) is 29.3 Å². The fourth-order valence-corrected chi connectivity index (χ4v) is 3.21. The van der Waals surface area contributed by atoms with Crippen LogP contribution < -0.4 is 0 Å². The van der Waals surface area contributed by atoms with Crippen LogP contribution in [-0.4, -0.2) is 47.2 Å². The van der Waals surface area contributed by atoms with E-state index >= 15 is 0 Å². The SMILES string of the molecule is CC(C)n1ncc2cc(S(=O)(=O)N(C)CC(=O)O)ccc21. The molecule has 0 unspecified atom stereocenters. The van der Waals surface area contributed by atoms with Gasteiger partial charge in [0.1, 0.15) is 6.54 Å². The van der Waals surface area contributed by atoms with E-state index in [1.807, 2.05) is 13.8 Å². The number of nitrogens with zero attached hydrogens (tertiary/aromatic N) is 3. The molecular weight excluding hydrogens is 294 g/mol. The number of aromatic nitrogens is 2. The van der Waals surface area contributed by atoms with Crippen molar-refractivity contribution in [2.45, 2.75) is 24.8 Å². The van der Waals surface area contributed by atoms with Gasteiger partial charge in [0, 0.05) is 18.5 Å². The fraction of sp³-hybridized carbons (Fsp3) is 0.385. The van der Waals surface area contributed by atoms with E-state index in [0.717, 1.165) is 9.82 Å². The Morgan fingerprint density at radius 2 is 2.10 bits per heavy atom. The molecule has 0 spiro atoms. The highest BCUT2D eigenvalue weighted by Crippen LogP contribution is 2.23. The highest BCUT2D eigenvalue weighted by Gasteiger charge is 2.23. The zero-order valence-corrected chi connectivity index (χ0v) is 12.8. The molecule has 1 heterocycles. The molecule has 0 saturated heterocycles. The van der Waals surface area contributed by atoms with Crippen molar-refractivity contribution >= 4 is 26.9 Å². The monoisotopic (exact) mass is 311 g/mol. The van der Waals surface area contributed by atoms with Gasteiger partial charge in [-0.15, -0.1) is 0 Å². The van der Waals surface area contributed by atoms with Gasteiger partial charge in [-0.2, -0.15) is 9.40 Å². The number of fused-ring (bicyclic) bond motifs is 1. The molecule has 2 aromatic rings. The summed E-state index contributed by atoms with van der Waals surface area (Å²) in [5.74, 6) is -1.20. The lowest BCUT2D eigenvalue weighted by Gasteiger charge is -2.15. The summed E-state index contributed by atoms with van der Waals surface area (Å²) in [5.41, 5.74) is 0.838. The van der Waals surface area contributed by atoms with E-state index in [2.05, 4.69) is 5.10 Å². The molecule has 21 heavy (non-hydrogen) atoms. The van der Waals surface area contributed by atoms with Gasteiger partial charge in [-0.25, -0.2) is 8.42 Å². The molecule has 0 aliphatic rings. The number of sulfonamides is 1. The van der Waals surface area contributed by atoms with Gasteiger partial charge < -0.3 is 5.11 Å². The first-order chi connectivity index (χ1) is 9.73. The predicted molar refractivity (Wildman–Crippen MR) is 77.6 cm³/mol. The van der Waals surface area contributed by atoms with Crippen LogP contribution in [0.1, 0.15) is 19.9 Å². The van der Waals surface area contributed by atoms with E-state index in [9.17, 15) is 13.2 Å². The van der Waals surface area contributed by atoms with Crippen molar-refractivity contribution in [3.8, 4) is 0 Å². The minimum Gasteiger partial charge on any atom is -0.480 e. The van der Waals surface area contributed by atoms with Crippen LogP contribution in [0.5, 0.6) is 0 Å². The molecule has 0 bridgehead atoms. The molecule has 0 atom stereocenters. The summed E-state index contributed by atoms with van der Waals surface area (Å²) < 4.78 is 27.2. The van der Waals surface area contributed by atoms with Crippen molar-refractivity contribution in [2.24, 2.45) is 0 Å². The lowest BCUT2D eigenvalue weighted by molar-refractivity contribution is -0.137. The Hall–Kier alpha value is -1.93. The predicted octanol–water partition coefficient (Wildman–Crippen LogP) is 1.32. The first kappa shape index (κ1) is 15.5. The van der Waals surface area contributed by atoms with Gasteiger partial charge in [-0.05, 0) is 32.0 Å². The van der Waals surface area contributed by atoms with E-state index in [4.69, 9.17) is 5.11 Å². The van der Waals surface area contributed by atoms with E-state index in [0.29, 0.717) is 5.39 Å². The number of carbonyl (C=O) groups is 1. The number of likely N-dealkylation sites (N-methyl/N-ethyl adjacent to an activating group) is 1. The smallest absolute Gasteiger partial charge is 0.318 e. The van der Waals surface area contributed by atoms with Gasteiger partial charge in [0.25, 0.3) is 0 Å². The molecule has 0 aliphatic carbocycles. The minimum absolute atomic E-state index is 0.0575. The van der Waals surface area contributed by atoms with Crippen LogP contribution in [0.2, 0.25) is 0 Å². The molecule has 0 saturated carbocycles. The van der Waals surface area contributed by atoms with Gasteiger partial charge in [0.2, 0.25) is 10.0 Å². The number of hydrogen-bond acceptors (Lipinski definition) is 4.